The van der Waals surface area contributed by atoms with Gasteiger partial charge in [-0.05, 0) is 60.2 Å². The number of thiazole rings is 1. The van der Waals surface area contributed by atoms with Gasteiger partial charge in [-0.2, -0.15) is 0 Å². The number of furan rings is 1. The largest absolute Gasteiger partial charge is 0.503 e. The highest BCUT2D eigenvalue weighted by molar-refractivity contribution is 7.22. The summed E-state index contributed by atoms with van der Waals surface area (Å²) < 4.78 is 6.25. The highest BCUT2D eigenvalue weighted by Crippen LogP contribution is 2.44. The summed E-state index contributed by atoms with van der Waals surface area (Å²) in [4.78, 5) is 32.9. The normalized spacial score (nSPS) is 16.3. The number of aryl methyl sites for hydroxylation is 2. The highest BCUT2D eigenvalue weighted by atomic mass is 32.1. The summed E-state index contributed by atoms with van der Waals surface area (Å²) in [5, 5.41) is 11.3. The molecule has 1 aliphatic rings. The van der Waals surface area contributed by atoms with Crippen molar-refractivity contribution in [3.05, 3.63) is 94.1 Å². The van der Waals surface area contributed by atoms with E-state index in [0.717, 1.165) is 26.9 Å². The summed E-state index contributed by atoms with van der Waals surface area (Å²) in [7, 11) is 0. The molecule has 0 saturated carbocycles. The van der Waals surface area contributed by atoms with Gasteiger partial charge in [0.15, 0.2) is 16.7 Å². The van der Waals surface area contributed by atoms with E-state index in [9.17, 15) is 14.7 Å². The van der Waals surface area contributed by atoms with E-state index in [1.807, 2.05) is 50.2 Å². The van der Waals surface area contributed by atoms with Crippen molar-refractivity contribution in [2.24, 2.45) is 0 Å². The molecule has 1 amide bonds. The SMILES string of the molecule is Cc1cc(C)c2nc(N3C(=O)C(O)=C(C(=O)c4ccco4)[C@H]3c3ccc(C(C)C)cc3)sc2c1. The van der Waals surface area contributed by atoms with Crippen LogP contribution in [0.5, 0.6) is 0 Å². The van der Waals surface area contributed by atoms with Gasteiger partial charge in [0.1, 0.15) is 0 Å². The maximum Gasteiger partial charge on any atom is 0.296 e. The van der Waals surface area contributed by atoms with Crippen LogP contribution in [0.15, 0.2) is 70.5 Å². The van der Waals surface area contributed by atoms with Gasteiger partial charge >= 0.3 is 0 Å². The van der Waals surface area contributed by atoms with Crippen molar-refractivity contribution in [3.63, 3.8) is 0 Å². The predicted octanol–water partition coefficient (Wildman–Crippen LogP) is 6.41. The van der Waals surface area contributed by atoms with Gasteiger partial charge in [-0.15, -0.1) is 0 Å². The zero-order valence-corrected chi connectivity index (χ0v) is 20.1. The lowest BCUT2D eigenvalue weighted by Crippen LogP contribution is -2.31. The second kappa shape index (κ2) is 8.25. The molecule has 34 heavy (non-hydrogen) atoms. The number of Topliss-reactive ketones (excluding diaryl/α,β-unsaturated/α-hetero) is 1. The maximum atomic E-state index is 13.4. The molecule has 4 aromatic rings. The molecule has 7 heteroatoms. The first kappa shape index (κ1) is 22.1. The molecule has 1 aliphatic heterocycles. The van der Waals surface area contributed by atoms with E-state index in [2.05, 4.69) is 13.8 Å². The van der Waals surface area contributed by atoms with E-state index in [-0.39, 0.29) is 11.3 Å². The Labute approximate surface area is 201 Å². The first-order chi connectivity index (χ1) is 16.3. The smallest absolute Gasteiger partial charge is 0.296 e. The molecule has 2 aromatic carbocycles. The van der Waals surface area contributed by atoms with Gasteiger partial charge in [0.2, 0.25) is 5.78 Å². The van der Waals surface area contributed by atoms with Crippen LogP contribution >= 0.6 is 11.3 Å². The Balaban J connectivity index is 1.68. The van der Waals surface area contributed by atoms with Gasteiger partial charge in [0.25, 0.3) is 5.91 Å². The van der Waals surface area contributed by atoms with Crippen LogP contribution in [0.2, 0.25) is 0 Å². The molecular weight excluding hydrogens is 448 g/mol. The third-order valence-corrected chi connectivity index (χ3v) is 7.14. The molecule has 172 valence electrons. The number of rotatable bonds is 5. The van der Waals surface area contributed by atoms with Gasteiger partial charge < -0.3 is 9.52 Å². The van der Waals surface area contributed by atoms with E-state index in [0.29, 0.717) is 16.6 Å². The lowest BCUT2D eigenvalue weighted by atomic mass is 9.93. The Bertz CT molecular complexity index is 1450. The van der Waals surface area contributed by atoms with Crippen molar-refractivity contribution in [1.82, 2.24) is 4.98 Å². The fourth-order valence-corrected chi connectivity index (χ4v) is 5.58. The second-order valence-electron chi connectivity index (χ2n) is 8.89. The minimum Gasteiger partial charge on any atom is -0.503 e. The van der Waals surface area contributed by atoms with Crippen molar-refractivity contribution in [3.8, 4) is 0 Å². The molecular formula is C27H24N2O4S. The molecule has 0 fully saturated rings. The first-order valence-corrected chi connectivity index (χ1v) is 11.9. The number of carbonyl (C=O) groups is 2. The molecule has 0 saturated heterocycles. The van der Waals surface area contributed by atoms with Crippen molar-refractivity contribution in [2.45, 2.75) is 39.7 Å². The van der Waals surface area contributed by atoms with E-state index in [4.69, 9.17) is 9.40 Å². The first-order valence-electron chi connectivity index (χ1n) is 11.1. The fourth-order valence-electron chi connectivity index (χ4n) is 4.42. The molecule has 2 aromatic heterocycles. The monoisotopic (exact) mass is 472 g/mol. The Morgan fingerprint density at radius 3 is 2.53 bits per heavy atom. The van der Waals surface area contributed by atoms with Crippen LogP contribution in [0.25, 0.3) is 10.2 Å². The van der Waals surface area contributed by atoms with Gasteiger partial charge in [-0.3, -0.25) is 14.5 Å². The van der Waals surface area contributed by atoms with Gasteiger partial charge in [0, 0.05) is 0 Å². The standard InChI is InChI=1S/C27H24N2O4S/c1-14(2)17-7-9-18(10-8-17)23-21(24(30)19-6-5-11-33-19)25(31)26(32)29(23)27-28-22-16(4)12-15(3)13-20(22)34-27/h5-14,23,31H,1-4H3/t23-/m1/s1. The van der Waals surface area contributed by atoms with Crippen molar-refractivity contribution in [1.29, 1.82) is 0 Å². The summed E-state index contributed by atoms with van der Waals surface area (Å²) in [5.41, 5.74) is 4.75. The zero-order chi connectivity index (χ0) is 24.1. The number of fused-ring (bicyclic) bond motifs is 1. The summed E-state index contributed by atoms with van der Waals surface area (Å²) in [6.45, 7) is 8.20. The Hall–Kier alpha value is -3.71. The predicted molar refractivity (Wildman–Crippen MR) is 133 cm³/mol. The average molecular weight is 473 g/mol. The van der Waals surface area contributed by atoms with E-state index in [1.54, 1.807) is 6.07 Å². The number of carbonyl (C=O) groups excluding carboxylic acids is 2. The van der Waals surface area contributed by atoms with Crippen LogP contribution in [0, 0.1) is 13.8 Å². The van der Waals surface area contributed by atoms with Crippen LogP contribution in [0.3, 0.4) is 0 Å². The quantitative estimate of drug-likeness (QED) is 0.339. The van der Waals surface area contributed by atoms with Crippen LogP contribution in [-0.4, -0.2) is 21.8 Å². The summed E-state index contributed by atoms with van der Waals surface area (Å²) in [5.74, 6) is -1.35. The summed E-state index contributed by atoms with van der Waals surface area (Å²) in [6.07, 6.45) is 1.39. The highest BCUT2D eigenvalue weighted by Gasteiger charge is 2.46. The Morgan fingerprint density at radius 2 is 1.88 bits per heavy atom. The number of hydrogen-bond acceptors (Lipinski definition) is 6. The molecule has 5 rings (SSSR count). The summed E-state index contributed by atoms with van der Waals surface area (Å²) in [6, 6.07) is 14.1. The van der Waals surface area contributed by atoms with Gasteiger partial charge in [-0.1, -0.05) is 55.5 Å². The topological polar surface area (TPSA) is 83.6 Å². The fraction of sp³-hybridized carbons (Fsp3) is 0.222. The van der Waals surface area contributed by atoms with Gasteiger partial charge in [-0.25, -0.2) is 4.98 Å². The molecule has 1 N–H and O–H groups in total. The molecule has 0 aliphatic carbocycles. The molecule has 1 atom stereocenters. The number of aliphatic hydroxyl groups excluding tert-OH is 1. The Kier molecular flexibility index (Phi) is 5.37. The van der Waals surface area contributed by atoms with Crippen LogP contribution < -0.4 is 4.90 Å². The number of benzene rings is 2. The number of aliphatic hydroxyl groups is 1. The number of aromatic nitrogens is 1. The zero-order valence-electron chi connectivity index (χ0n) is 19.3. The number of hydrogen-bond donors (Lipinski definition) is 1. The third-order valence-electron chi connectivity index (χ3n) is 6.14. The molecule has 0 radical (unpaired) electrons. The number of ketones is 1. The van der Waals surface area contributed by atoms with Crippen molar-refractivity contribution in [2.75, 3.05) is 4.90 Å². The maximum absolute atomic E-state index is 13.4. The minimum atomic E-state index is -0.826. The second-order valence-corrected chi connectivity index (χ2v) is 9.90. The molecule has 0 spiro atoms. The van der Waals surface area contributed by atoms with Crippen LogP contribution in [0.1, 0.15) is 58.6 Å². The van der Waals surface area contributed by atoms with E-state index >= 15 is 0 Å². The van der Waals surface area contributed by atoms with Gasteiger partial charge in [0.05, 0.1) is 28.1 Å². The van der Waals surface area contributed by atoms with Crippen LogP contribution in [0.4, 0.5) is 5.13 Å². The summed E-state index contributed by atoms with van der Waals surface area (Å²) >= 11 is 1.37. The number of amides is 1. The lowest BCUT2D eigenvalue weighted by Gasteiger charge is -2.24. The van der Waals surface area contributed by atoms with Crippen molar-refractivity contribution < 1.29 is 19.1 Å². The lowest BCUT2D eigenvalue weighted by molar-refractivity contribution is -0.117. The van der Waals surface area contributed by atoms with Crippen molar-refractivity contribution >= 4 is 38.4 Å². The third kappa shape index (κ3) is 3.53. The minimum absolute atomic E-state index is 0.00981. The number of anilines is 1. The molecule has 0 bridgehead atoms. The van der Waals surface area contributed by atoms with E-state index in [1.165, 1.54) is 28.6 Å². The number of nitrogens with zero attached hydrogens (tertiary/aromatic N) is 2. The van der Waals surface area contributed by atoms with Crippen LogP contribution in [-0.2, 0) is 4.79 Å². The molecule has 6 nitrogen and oxygen atoms in total. The Morgan fingerprint density at radius 1 is 1.15 bits per heavy atom. The van der Waals surface area contributed by atoms with E-state index < -0.39 is 23.5 Å². The molecule has 3 heterocycles. The molecule has 0 unspecified atom stereocenters. The average Bonchev–Trinajstić information content (AvgIpc) is 3.53.